The van der Waals surface area contributed by atoms with Crippen LogP contribution in [-0.2, 0) is 0 Å². The second-order valence-electron chi connectivity index (χ2n) is 8.12. The predicted octanol–water partition coefficient (Wildman–Crippen LogP) is 8.15. The minimum Gasteiger partial charge on any atom is -0.455 e. The number of hydrogen-bond donors (Lipinski definition) is 0. The van der Waals surface area contributed by atoms with Crippen LogP contribution in [0.1, 0.15) is 0 Å². The molecule has 7 aromatic rings. The van der Waals surface area contributed by atoms with Gasteiger partial charge in [-0.3, -0.25) is 0 Å². The number of furan rings is 1. The largest absolute Gasteiger partial charge is 0.455 e. The molecule has 2 aromatic heterocycles. The highest BCUT2D eigenvalue weighted by Gasteiger charge is 2.16. The van der Waals surface area contributed by atoms with Crippen LogP contribution in [0.4, 0.5) is 0 Å². The molecule has 7 rings (SSSR count). The Bertz CT molecular complexity index is 1770. The third-order valence-corrected chi connectivity index (χ3v) is 6.31. The van der Waals surface area contributed by atoms with E-state index in [9.17, 15) is 0 Å². The molecular formula is C30H18NO. The maximum atomic E-state index is 6.29. The lowest BCUT2D eigenvalue weighted by molar-refractivity contribution is 0.670. The van der Waals surface area contributed by atoms with Gasteiger partial charge in [0.2, 0.25) is 0 Å². The van der Waals surface area contributed by atoms with Crippen molar-refractivity contribution >= 4 is 43.7 Å². The van der Waals surface area contributed by atoms with Gasteiger partial charge in [-0.25, -0.2) is 0 Å². The molecule has 0 atom stereocenters. The number of para-hydroxylation sites is 4. The molecule has 2 heterocycles. The van der Waals surface area contributed by atoms with Gasteiger partial charge in [-0.1, -0.05) is 72.8 Å². The minimum atomic E-state index is 0.917. The molecule has 0 spiro atoms. The summed E-state index contributed by atoms with van der Waals surface area (Å²) in [5.41, 5.74) is 7.45. The summed E-state index contributed by atoms with van der Waals surface area (Å²) in [6.45, 7) is 0. The van der Waals surface area contributed by atoms with Crippen LogP contribution in [0.2, 0.25) is 0 Å². The Balaban J connectivity index is 1.54. The Morgan fingerprint density at radius 3 is 2.28 bits per heavy atom. The summed E-state index contributed by atoms with van der Waals surface area (Å²) in [7, 11) is 0. The van der Waals surface area contributed by atoms with Gasteiger partial charge in [0.15, 0.2) is 0 Å². The van der Waals surface area contributed by atoms with Crippen molar-refractivity contribution < 1.29 is 4.42 Å². The fraction of sp³-hybridized carbons (Fsp3) is 0. The zero-order valence-corrected chi connectivity index (χ0v) is 17.2. The summed E-state index contributed by atoms with van der Waals surface area (Å²) >= 11 is 0. The first kappa shape index (κ1) is 17.4. The molecule has 5 aromatic carbocycles. The van der Waals surface area contributed by atoms with E-state index in [1.807, 2.05) is 18.2 Å². The molecule has 149 valence electrons. The number of fused-ring (bicyclic) bond motifs is 6. The molecule has 0 amide bonds. The summed E-state index contributed by atoms with van der Waals surface area (Å²) in [5, 5.41) is 4.70. The Hall–Kier alpha value is -4.30. The van der Waals surface area contributed by atoms with E-state index in [1.54, 1.807) is 0 Å². The highest BCUT2D eigenvalue weighted by molar-refractivity contribution is 6.13. The van der Waals surface area contributed by atoms with Gasteiger partial charge in [0, 0.05) is 38.9 Å². The van der Waals surface area contributed by atoms with Gasteiger partial charge in [-0.2, -0.15) is 0 Å². The van der Waals surface area contributed by atoms with E-state index in [0.717, 1.165) is 44.3 Å². The zero-order chi connectivity index (χ0) is 21.1. The van der Waals surface area contributed by atoms with E-state index in [1.165, 1.54) is 16.3 Å². The van der Waals surface area contributed by atoms with Crippen molar-refractivity contribution in [3.63, 3.8) is 0 Å². The van der Waals surface area contributed by atoms with Crippen molar-refractivity contribution in [2.45, 2.75) is 0 Å². The molecule has 0 fully saturated rings. The van der Waals surface area contributed by atoms with Gasteiger partial charge >= 0.3 is 0 Å². The van der Waals surface area contributed by atoms with Crippen LogP contribution in [0.25, 0.3) is 60.6 Å². The molecule has 2 heteroatoms. The van der Waals surface area contributed by atoms with Gasteiger partial charge in [0.1, 0.15) is 11.2 Å². The van der Waals surface area contributed by atoms with Crippen molar-refractivity contribution in [3.05, 3.63) is 115 Å². The van der Waals surface area contributed by atoms with Gasteiger partial charge < -0.3 is 8.98 Å². The van der Waals surface area contributed by atoms with Crippen LogP contribution in [-0.4, -0.2) is 4.57 Å². The van der Waals surface area contributed by atoms with Crippen molar-refractivity contribution in [2.75, 3.05) is 0 Å². The third-order valence-electron chi connectivity index (χ3n) is 6.31. The van der Waals surface area contributed by atoms with Crippen LogP contribution >= 0.6 is 0 Å². The quantitative estimate of drug-likeness (QED) is 0.282. The standard InChI is InChI=1S/C30H18NO/c1-2-9-21(10-3-1)31-27-15-6-4-11-23(27)26-19-20(17-18-28(26)31)22-13-8-14-25-24-12-5-7-16-29(24)32-30(22)25/h1-17,19H. The smallest absolute Gasteiger partial charge is 0.143 e. The molecule has 0 saturated carbocycles. The normalized spacial score (nSPS) is 11.8. The summed E-state index contributed by atoms with van der Waals surface area (Å²) in [5.74, 6) is 0. The fourth-order valence-corrected chi connectivity index (χ4v) is 4.87. The SMILES string of the molecule is [c]1cc(-c2cccc3c2oc2ccccc23)cc2c3ccccc3n(-c3ccccc3)c12. The highest BCUT2D eigenvalue weighted by atomic mass is 16.3. The van der Waals surface area contributed by atoms with Crippen LogP contribution in [0.15, 0.2) is 114 Å². The maximum Gasteiger partial charge on any atom is 0.143 e. The van der Waals surface area contributed by atoms with E-state index < -0.39 is 0 Å². The lowest BCUT2D eigenvalue weighted by Crippen LogP contribution is -1.93. The average molecular weight is 408 g/mol. The molecule has 0 bridgehead atoms. The first-order chi connectivity index (χ1) is 15.9. The van der Waals surface area contributed by atoms with E-state index in [4.69, 9.17) is 4.42 Å². The number of benzene rings is 5. The number of rotatable bonds is 2. The van der Waals surface area contributed by atoms with Gasteiger partial charge in [-0.05, 0) is 42.0 Å². The van der Waals surface area contributed by atoms with Crippen LogP contribution < -0.4 is 0 Å². The average Bonchev–Trinajstić information content (AvgIpc) is 3.40. The second kappa shape index (κ2) is 6.60. The Labute approximate surface area is 184 Å². The van der Waals surface area contributed by atoms with Crippen molar-refractivity contribution in [1.82, 2.24) is 4.57 Å². The second-order valence-corrected chi connectivity index (χ2v) is 8.12. The van der Waals surface area contributed by atoms with Crippen molar-refractivity contribution in [2.24, 2.45) is 0 Å². The summed E-state index contributed by atoms with van der Waals surface area (Å²) in [4.78, 5) is 0. The van der Waals surface area contributed by atoms with Crippen molar-refractivity contribution in [3.8, 4) is 16.8 Å². The molecule has 0 saturated heterocycles. The summed E-state index contributed by atoms with van der Waals surface area (Å²) in [6, 6.07) is 41.6. The van der Waals surface area contributed by atoms with E-state index in [-0.39, 0.29) is 0 Å². The lowest BCUT2D eigenvalue weighted by atomic mass is 10.0. The topological polar surface area (TPSA) is 18.1 Å². The van der Waals surface area contributed by atoms with Crippen LogP contribution in [0.5, 0.6) is 0 Å². The summed E-state index contributed by atoms with van der Waals surface area (Å²) < 4.78 is 8.58. The number of hydrogen-bond acceptors (Lipinski definition) is 1. The first-order valence-electron chi connectivity index (χ1n) is 10.8. The molecule has 1 radical (unpaired) electrons. The van der Waals surface area contributed by atoms with E-state index in [2.05, 4.69) is 102 Å². The highest BCUT2D eigenvalue weighted by Crippen LogP contribution is 2.38. The van der Waals surface area contributed by atoms with Crippen molar-refractivity contribution in [1.29, 1.82) is 0 Å². The Morgan fingerprint density at radius 2 is 1.38 bits per heavy atom. The number of nitrogens with zero attached hydrogens (tertiary/aromatic N) is 1. The maximum absolute atomic E-state index is 6.29. The fourth-order valence-electron chi connectivity index (χ4n) is 4.87. The van der Waals surface area contributed by atoms with Gasteiger partial charge in [0.05, 0.1) is 11.0 Å². The first-order valence-corrected chi connectivity index (χ1v) is 10.8. The summed E-state index contributed by atoms with van der Waals surface area (Å²) in [6.07, 6.45) is 0. The van der Waals surface area contributed by atoms with Crippen LogP contribution in [0.3, 0.4) is 0 Å². The molecule has 0 aliphatic rings. The lowest BCUT2D eigenvalue weighted by Gasteiger charge is -2.08. The molecule has 0 aliphatic heterocycles. The molecule has 0 N–H and O–H groups in total. The molecule has 2 nitrogen and oxygen atoms in total. The Morgan fingerprint density at radius 1 is 0.625 bits per heavy atom. The molecule has 0 aliphatic carbocycles. The zero-order valence-electron chi connectivity index (χ0n) is 17.2. The van der Waals surface area contributed by atoms with E-state index in [0.29, 0.717) is 0 Å². The third kappa shape index (κ3) is 2.41. The monoisotopic (exact) mass is 408 g/mol. The van der Waals surface area contributed by atoms with Crippen LogP contribution in [0, 0.1) is 6.07 Å². The molecular weight excluding hydrogens is 390 g/mol. The predicted molar refractivity (Wildman–Crippen MR) is 132 cm³/mol. The minimum absolute atomic E-state index is 0.917. The Kier molecular flexibility index (Phi) is 3.58. The van der Waals surface area contributed by atoms with Gasteiger partial charge in [0.25, 0.3) is 0 Å². The number of aromatic nitrogens is 1. The molecule has 32 heavy (non-hydrogen) atoms. The van der Waals surface area contributed by atoms with E-state index >= 15 is 0 Å². The molecule has 0 unspecified atom stereocenters. The van der Waals surface area contributed by atoms with Gasteiger partial charge in [-0.15, -0.1) is 0 Å².